The summed E-state index contributed by atoms with van der Waals surface area (Å²) in [7, 11) is 0. The molecule has 2 aliphatic rings. The maximum atomic E-state index is 12.7. The first-order chi connectivity index (χ1) is 12.3. The molecule has 2 aliphatic heterocycles. The van der Waals surface area contributed by atoms with Crippen molar-refractivity contribution in [1.82, 2.24) is 15.2 Å². The highest BCUT2D eigenvalue weighted by molar-refractivity contribution is 5.84. The van der Waals surface area contributed by atoms with Gasteiger partial charge in [0.15, 0.2) is 0 Å². The van der Waals surface area contributed by atoms with Crippen molar-refractivity contribution in [3.8, 4) is 0 Å². The summed E-state index contributed by atoms with van der Waals surface area (Å²) in [5.74, 6) is 1.96. The lowest BCUT2D eigenvalue weighted by Gasteiger charge is -2.37. The van der Waals surface area contributed by atoms with Gasteiger partial charge >= 0.3 is 0 Å². The van der Waals surface area contributed by atoms with Crippen LogP contribution in [0, 0.1) is 11.8 Å². The molecule has 4 nitrogen and oxygen atoms in total. The average Bonchev–Trinajstić information content (AvgIpc) is 2.69. The number of hydrogen-bond donors (Lipinski definition) is 1. The van der Waals surface area contributed by atoms with E-state index in [9.17, 15) is 4.79 Å². The van der Waals surface area contributed by atoms with Gasteiger partial charge in [0.2, 0.25) is 5.91 Å². The van der Waals surface area contributed by atoms with Crippen LogP contribution < -0.4 is 5.32 Å². The Hall–Kier alpha value is -1.94. The minimum Gasteiger partial charge on any atom is -0.342 e. The fourth-order valence-corrected chi connectivity index (χ4v) is 4.47. The van der Waals surface area contributed by atoms with E-state index < -0.39 is 0 Å². The third kappa shape index (κ3) is 3.84. The number of fused-ring (bicyclic) bond motifs is 1. The van der Waals surface area contributed by atoms with Crippen LogP contribution >= 0.6 is 0 Å². The SMILES string of the molecule is O=C(Cc1ccc2cnccc2c1)N1CCC(C2CCNCC2)CC1. The van der Waals surface area contributed by atoms with Gasteiger partial charge in [-0.05, 0) is 67.6 Å². The van der Waals surface area contributed by atoms with Crippen LogP contribution in [0.2, 0.25) is 0 Å². The highest BCUT2D eigenvalue weighted by atomic mass is 16.2. The van der Waals surface area contributed by atoms with Gasteiger partial charge in [0.25, 0.3) is 0 Å². The number of nitrogens with zero attached hydrogens (tertiary/aromatic N) is 2. The van der Waals surface area contributed by atoms with E-state index in [1.807, 2.05) is 12.3 Å². The molecule has 2 aromatic rings. The number of carbonyl (C=O) groups is 1. The zero-order valence-corrected chi connectivity index (χ0v) is 14.8. The molecule has 1 amide bonds. The maximum absolute atomic E-state index is 12.7. The molecule has 1 aromatic carbocycles. The predicted octanol–water partition coefficient (Wildman–Crippen LogP) is 3.02. The summed E-state index contributed by atoms with van der Waals surface area (Å²) in [5, 5.41) is 5.74. The van der Waals surface area contributed by atoms with Crippen molar-refractivity contribution in [3.05, 3.63) is 42.2 Å². The highest BCUT2D eigenvalue weighted by Gasteiger charge is 2.29. The Morgan fingerprint density at radius 1 is 1.04 bits per heavy atom. The van der Waals surface area contributed by atoms with E-state index in [0.29, 0.717) is 6.42 Å². The number of amides is 1. The van der Waals surface area contributed by atoms with E-state index in [1.54, 1.807) is 6.20 Å². The Labute approximate surface area is 149 Å². The fourth-order valence-electron chi connectivity index (χ4n) is 4.47. The number of carbonyl (C=O) groups excluding carboxylic acids is 1. The molecule has 2 fully saturated rings. The lowest BCUT2D eigenvalue weighted by Crippen LogP contribution is -2.42. The first-order valence-electron chi connectivity index (χ1n) is 9.61. The number of nitrogens with one attached hydrogen (secondary N) is 1. The number of piperidine rings is 2. The van der Waals surface area contributed by atoms with Crippen molar-refractivity contribution >= 4 is 16.7 Å². The van der Waals surface area contributed by atoms with E-state index in [4.69, 9.17) is 0 Å². The van der Waals surface area contributed by atoms with Gasteiger partial charge in [0.05, 0.1) is 6.42 Å². The van der Waals surface area contributed by atoms with Crippen LogP contribution in [-0.4, -0.2) is 42.0 Å². The minimum absolute atomic E-state index is 0.275. The van der Waals surface area contributed by atoms with Crippen molar-refractivity contribution < 1.29 is 4.79 Å². The first kappa shape index (κ1) is 16.5. The summed E-state index contributed by atoms with van der Waals surface area (Å²) in [4.78, 5) is 18.9. The van der Waals surface area contributed by atoms with E-state index in [1.165, 1.54) is 38.8 Å². The first-order valence-corrected chi connectivity index (χ1v) is 9.61. The van der Waals surface area contributed by atoms with Crippen molar-refractivity contribution in [2.24, 2.45) is 11.8 Å². The summed E-state index contributed by atoms with van der Waals surface area (Å²) in [6.07, 6.45) is 9.16. The fraction of sp³-hybridized carbons (Fsp3) is 0.524. The smallest absolute Gasteiger partial charge is 0.226 e. The molecule has 0 aliphatic carbocycles. The topological polar surface area (TPSA) is 45.2 Å². The van der Waals surface area contributed by atoms with Crippen molar-refractivity contribution in [3.63, 3.8) is 0 Å². The molecule has 3 heterocycles. The van der Waals surface area contributed by atoms with Crippen LogP contribution in [0.15, 0.2) is 36.7 Å². The zero-order chi connectivity index (χ0) is 17.1. The van der Waals surface area contributed by atoms with Crippen LogP contribution in [-0.2, 0) is 11.2 Å². The summed E-state index contributed by atoms with van der Waals surface area (Å²) in [6.45, 7) is 4.21. The highest BCUT2D eigenvalue weighted by Crippen LogP contribution is 2.31. The van der Waals surface area contributed by atoms with Crippen molar-refractivity contribution in [2.45, 2.75) is 32.1 Å². The number of benzene rings is 1. The second kappa shape index (κ2) is 7.52. The molecular formula is C21H27N3O. The quantitative estimate of drug-likeness (QED) is 0.936. The van der Waals surface area contributed by atoms with Crippen LogP contribution in [0.25, 0.3) is 10.8 Å². The third-order valence-corrected chi connectivity index (χ3v) is 6.00. The molecule has 132 valence electrons. The monoisotopic (exact) mass is 337 g/mol. The van der Waals surface area contributed by atoms with Gasteiger partial charge in [-0.2, -0.15) is 0 Å². The van der Waals surface area contributed by atoms with Crippen LogP contribution in [0.5, 0.6) is 0 Å². The molecule has 0 saturated carbocycles. The minimum atomic E-state index is 0.275. The van der Waals surface area contributed by atoms with Crippen LogP contribution in [0.3, 0.4) is 0 Å². The Balaban J connectivity index is 1.33. The van der Waals surface area contributed by atoms with E-state index in [0.717, 1.165) is 41.3 Å². The number of rotatable bonds is 3. The molecule has 1 aromatic heterocycles. The summed E-state index contributed by atoms with van der Waals surface area (Å²) in [6, 6.07) is 8.25. The van der Waals surface area contributed by atoms with Gasteiger partial charge < -0.3 is 10.2 Å². The third-order valence-electron chi connectivity index (χ3n) is 6.00. The molecule has 0 unspecified atom stereocenters. The number of aromatic nitrogens is 1. The van der Waals surface area contributed by atoms with Gasteiger partial charge in [0, 0.05) is 30.9 Å². The summed E-state index contributed by atoms with van der Waals surface area (Å²) in [5.41, 5.74) is 1.10. The van der Waals surface area contributed by atoms with Gasteiger partial charge in [-0.15, -0.1) is 0 Å². The molecule has 4 heteroatoms. The van der Waals surface area contributed by atoms with Crippen molar-refractivity contribution in [1.29, 1.82) is 0 Å². The lowest BCUT2D eigenvalue weighted by molar-refractivity contribution is -0.132. The van der Waals surface area contributed by atoms with Crippen molar-refractivity contribution in [2.75, 3.05) is 26.2 Å². The maximum Gasteiger partial charge on any atom is 0.226 e. The van der Waals surface area contributed by atoms with Gasteiger partial charge in [0.1, 0.15) is 0 Å². The van der Waals surface area contributed by atoms with E-state index in [2.05, 4.69) is 33.4 Å². The van der Waals surface area contributed by atoms with E-state index >= 15 is 0 Å². The molecule has 1 N–H and O–H groups in total. The summed E-state index contributed by atoms with van der Waals surface area (Å²) >= 11 is 0. The lowest BCUT2D eigenvalue weighted by atomic mass is 9.79. The molecule has 0 radical (unpaired) electrons. The molecule has 0 spiro atoms. The van der Waals surface area contributed by atoms with Gasteiger partial charge in [-0.3, -0.25) is 9.78 Å². The predicted molar refractivity (Wildman–Crippen MR) is 100 cm³/mol. The number of likely N-dealkylation sites (tertiary alicyclic amines) is 1. The number of pyridine rings is 1. The Morgan fingerprint density at radius 3 is 2.60 bits per heavy atom. The Bertz CT molecular complexity index is 731. The van der Waals surface area contributed by atoms with Crippen LogP contribution in [0.4, 0.5) is 0 Å². The van der Waals surface area contributed by atoms with Gasteiger partial charge in [-0.25, -0.2) is 0 Å². The molecule has 4 rings (SSSR count). The standard InChI is InChI=1S/C21H27N3O/c25-21(14-16-1-2-20-15-23-10-5-19(20)13-16)24-11-6-18(7-12-24)17-3-8-22-9-4-17/h1-2,5,10,13,15,17-18,22H,3-4,6-9,11-12,14H2. The Kier molecular flexibility index (Phi) is 4.97. The Morgan fingerprint density at radius 2 is 1.80 bits per heavy atom. The molecule has 0 atom stereocenters. The second-order valence-electron chi connectivity index (χ2n) is 7.54. The number of hydrogen-bond acceptors (Lipinski definition) is 3. The molecule has 2 saturated heterocycles. The zero-order valence-electron chi connectivity index (χ0n) is 14.8. The second-order valence-corrected chi connectivity index (χ2v) is 7.54. The normalized spacial score (nSPS) is 20.1. The van der Waals surface area contributed by atoms with Crippen LogP contribution in [0.1, 0.15) is 31.2 Å². The van der Waals surface area contributed by atoms with Gasteiger partial charge in [-0.1, -0.05) is 18.2 Å². The molecule has 25 heavy (non-hydrogen) atoms. The molecular weight excluding hydrogens is 310 g/mol. The summed E-state index contributed by atoms with van der Waals surface area (Å²) < 4.78 is 0. The van der Waals surface area contributed by atoms with E-state index in [-0.39, 0.29) is 5.91 Å². The largest absolute Gasteiger partial charge is 0.342 e. The average molecular weight is 337 g/mol. The molecule has 0 bridgehead atoms.